The standard InChI is InChI=1S/C18H25NO4/c1-4-5-6-7-12-8-15(22)16(11(3)21)17-14(12)9-13(10(2)20)18(23)19-17/h8,10,13,20-22H,3-7,9H2,1-2H3,(H,19,23). The van der Waals surface area contributed by atoms with Crippen LogP contribution in [0.4, 0.5) is 5.69 Å². The second-order valence-electron chi connectivity index (χ2n) is 6.23. The summed E-state index contributed by atoms with van der Waals surface area (Å²) in [6.07, 6.45) is 3.56. The summed E-state index contributed by atoms with van der Waals surface area (Å²) in [6.45, 7) is 7.19. The third-order valence-electron chi connectivity index (χ3n) is 4.44. The lowest BCUT2D eigenvalue weighted by atomic mass is 9.83. The van der Waals surface area contributed by atoms with Crippen molar-refractivity contribution >= 4 is 17.4 Å². The molecular formula is C18H25NO4. The number of benzene rings is 1. The van der Waals surface area contributed by atoms with E-state index in [4.69, 9.17) is 0 Å². The molecule has 0 bridgehead atoms. The van der Waals surface area contributed by atoms with Crippen LogP contribution in [0.2, 0.25) is 0 Å². The number of rotatable bonds is 6. The Morgan fingerprint density at radius 3 is 2.74 bits per heavy atom. The van der Waals surface area contributed by atoms with Gasteiger partial charge in [-0.25, -0.2) is 0 Å². The van der Waals surface area contributed by atoms with Gasteiger partial charge in [-0.3, -0.25) is 4.79 Å². The van der Waals surface area contributed by atoms with E-state index in [9.17, 15) is 20.1 Å². The molecule has 0 radical (unpaired) electrons. The number of nitrogens with one attached hydrogen (secondary N) is 1. The molecule has 1 aromatic rings. The predicted molar refractivity (Wildman–Crippen MR) is 90.5 cm³/mol. The molecule has 1 aliphatic heterocycles. The van der Waals surface area contributed by atoms with E-state index < -0.39 is 12.0 Å². The van der Waals surface area contributed by atoms with Crippen LogP contribution in [0, 0.1) is 5.92 Å². The highest BCUT2D eigenvalue weighted by molar-refractivity contribution is 6.00. The van der Waals surface area contributed by atoms with Crippen molar-refractivity contribution in [3.63, 3.8) is 0 Å². The molecule has 0 saturated heterocycles. The number of phenolic OH excluding ortho intramolecular Hbond substituents is 1. The first kappa shape index (κ1) is 17.3. The van der Waals surface area contributed by atoms with Gasteiger partial charge in [0.05, 0.1) is 23.3 Å². The first-order valence-corrected chi connectivity index (χ1v) is 8.11. The van der Waals surface area contributed by atoms with Gasteiger partial charge in [0.1, 0.15) is 11.5 Å². The molecular weight excluding hydrogens is 294 g/mol. The Morgan fingerprint density at radius 2 is 2.17 bits per heavy atom. The molecule has 0 fully saturated rings. The lowest BCUT2D eigenvalue weighted by molar-refractivity contribution is -0.123. The lowest BCUT2D eigenvalue weighted by Crippen LogP contribution is -2.37. The number of fused-ring (bicyclic) bond motifs is 1. The van der Waals surface area contributed by atoms with Crippen molar-refractivity contribution in [2.75, 3.05) is 5.32 Å². The van der Waals surface area contributed by atoms with Crippen LogP contribution in [0.3, 0.4) is 0 Å². The van der Waals surface area contributed by atoms with Crippen LogP contribution in [-0.2, 0) is 17.6 Å². The Labute approximate surface area is 136 Å². The Kier molecular flexibility index (Phi) is 5.31. The lowest BCUT2D eigenvalue weighted by Gasteiger charge is -2.30. The quantitative estimate of drug-likeness (QED) is 0.479. The normalized spacial score (nSPS) is 18.2. The van der Waals surface area contributed by atoms with Gasteiger partial charge in [0.15, 0.2) is 0 Å². The summed E-state index contributed by atoms with van der Waals surface area (Å²) >= 11 is 0. The molecule has 1 aliphatic rings. The zero-order valence-electron chi connectivity index (χ0n) is 13.7. The third kappa shape index (κ3) is 3.50. The van der Waals surface area contributed by atoms with E-state index >= 15 is 0 Å². The summed E-state index contributed by atoms with van der Waals surface area (Å²) in [5.41, 5.74) is 2.40. The van der Waals surface area contributed by atoms with Crippen molar-refractivity contribution in [1.29, 1.82) is 0 Å². The van der Waals surface area contributed by atoms with Crippen molar-refractivity contribution < 1.29 is 20.1 Å². The van der Waals surface area contributed by atoms with Crippen LogP contribution < -0.4 is 5.32 Å². The van der Waals surface area contributed by atoms with Gasteiger partial charge in [0.25, 0.3) is 0 Å². The SMILES string of the molecule is C=C(O)c1c(O)cc(CCCCC)c2c1NC(=O)C(C(C)O)C2. The summed E-state index contributed by atoms with van der Waals surface area (Å²) in [5.74, 6) is -1.20. The summed E-state index contributed by atoms with van der Waals surface area (Å²) in [4.78, 5) is 12.2. The molecule has 1 heterocycles. The second kappa shape index (κ2) is 7.04. The first-order chi connectivity index (χ1) is 10.9. The number of carbonyl (C=O) groups is 1. The molecule has 4 N–H and O–H groups in total. The van der Waals surface area contributed by atoms with E-state index in [2.05, 4.69) is 18.8 Å². The molecule has 0 spiro atoms. The second-order valence-corrected chi connectivity index (χ2v) is 6.23. The number of unbranched alkanes of at least 4 members (excludes halogenated alkanes) is 2. The van der Waals surface area contributed by atoms with Crippen molar-refractivity contribution in [2.45, 2.75) is 52.1 Å². The number of aromatic hydroxyl groups is 1. The number of aliphatic hydroxyl groups excluding tert-OH is 2. The minimum absolute atomic E-state index is 0.0847. The van der Waals surface area contributed by atoms with Crippen LogP contribution in [0.25, 0.3) is 5.76 Å². The zero-order chi connectivity index (χ0) is 17.1. The largest absolute Gasteiger partial charge is 0.508 e. The van der Waals surface area contributed by atoms with E-state index in [0.717, 1.165) is 36.8 Å². The highest BCUT2D eigenvalue weighted by Crippen LogP contribution is 2.41. The number of aryl methyl sites for hydroxylation is 1. The number of aliphatic hydroxyl groups is 2. The van der Waals surface area contributed by atoms with Crippen LogP contribution in [0.1, 0.15) is 49.8 Å². The van der Waals surface area contributed by atoms with Crippen molar-refractivity contribution in [3.8, 4) is 5.75 Å². The van der Waals surface area contributed by atoms with Gasteiger partial charge in [-0.15, -0.1) is 0 Å². The number of carbonyl (C=O) groups excluding carboxylic acids is 1. The van der Waals surface area contributed by atoms with Gasteiger partial charge < -0.3 is 20.6 Å². The molecule has 0 aliphatic carbocycles. The molecule has 23 heavy (non-hydrogen) atoms. The smallest absolute Gasteiger partial charge is 0.230 e. The third-order valence-corrected chi connectivity index (χ3v) is 4.44. The van der Waals surface area contributed by atoms with Gasteiger partial charge >= 0.3 is 0 Å². The fourth-order valence-electron chi connectivity index (χ4n) is 3.13. The Morgan fingerprint density at radius 1 is 1.48 bits per heavy atom. The summed E-state index contributed by atoms with van der Waals surface area (Å²) < 4.78 is 0. The van der Waals surface area contributed by atoms with Crippen molar-refractivity contribution in [1.82, 2.24) is 0 Å². The minimum atomic E-state index is -0.763. The van der Waals surface area contributed by atoms with E-state index in [1.54, 1.807) is 13.0 Å². The highest BCUT2D eigenvalue weighted by atomic mass is 16.3. The van der Waals surface area contributed by atoms with Gasteiger partial charge in [0.2, 0.25) is 5.91 Å². The van der Waals surface area contributed by atoms with E-state index in [-0.39, 0.29) is 23.0 Å². The van der Waals surface area contributed by atoms with E-state index in [0.29, 0.717) is 12.1 Å². The van der Waals surface area contributed by atoms with Gasteiger partial charge in [-0.2, -0.15) is 0 Å². The van der Waals surface area contributed by atoms with Gasteiger partial charge in [-0.1, -0.05) is 26.3 Å². The molecule has 2 atom stereocenters. The Hall–Kier alpha value is -2.01. The van der Waals surface area contributed by atoms with E-state index in [1.165, 1.54) is 0 Å². The molecule has 2 rings (SSSR count). The van der Waals surface area contributed by atoms with E-state index in [1.807, 2.05) is 0 Å². The fourth-order valence-corrected chi connectivity index (χ4v) is 3.13. The highest BCUT2D eigenvalue weighted by Gasteiger charge is 2.33. The molecule has 5 nitrogen and oxygen atoms in total. The molecule has 1 aromatic carbocycles. The Bertz CT molecular complexity index is 622. The van der Waals surface area contributed by atoms with Crippen LogP contribution in [-0.4, -0.2) is 27.3 Å². The fraction of sp³-hybridized carbons (Fsp3) is 0.500. The molecule has 0 aromatic heterocycles. The van der Waals surface area contributed by atoms with Gasteiger partial charge in [0, 0.05) is 0 Å². The summed E-state index contributed by atoms with van der Waals surface area (Å²) in [6, 6.07) is 1.64. The minimum Gasteiger partial charge on any atom is -0.508 e. The summed E-state index contributed by atoms with van der Waals surface area (Å²) in [5, 5.41) is 32.6. The number of hydrogen-bond donors (Lipinski definition) is 4. The number of hydrogen-bond acceptors (Lipinski definition) is 4. The number of phenols is 1. The average Bonchev–Trinajstić information content (AvgIpc) is 2.45. The van der Waals surface area contributed by atoms with Crippen molar-refractivity contribution in [3.05, 3.63) is 29.3 Å². The predicted octanol–water partition coefficient (Wildman–Crippen LogP) is 3.15. The average molecular weight is 319 g/mol. The maximum Gasteiger partial charge on any atom is 0.230 e. The first-order valence-electron chi connectivity index (χ1n) is 8.11. The maximum atomic E-state index is 12.2. The van der Waals surface area contributed by atoms with Crippen LogP contribution >= 0.6 is 0 Å². The zero-order valence-corrected chi connectivity index (χ0v) is 13.7. The number of anilines is 1. The molecule has 0 saturated carbocycles. The maximum absolute atomic E-state index is 12.2. The van der Waals surface area contributed by atoms with Gasteiger partial charge in [-0.05, 0) is 43.4 Å². The number of amides is 1. The monoisotopic (exact) mass is 319 g/mol. The molecule has 2 unspecified atom stereocenters. The van der Waals surface area contributed by atoms with Crippen molar-refractivity contribution in [2.24, 2.45) is 5.92 Å². The molecule has 126 valence electrons. The topological polar surface area (TPSA) is 89.8 Å². The molecule has 5 heteroatoms. The molecule has 1 amide bonds. The van der Waals surface area contributed by atoms with Crippen LogP contribution in [0.15, 0.2) is 12.6 Å². The summed E-state index contributed by atoms with van der Waals surface area (Å²) in [7, 11) is 0. The Balaban J connectivity index is 2.51. The van der Waals surface area contributed by atoms with Crippen LogP contribution in [0.5, 0.6) is 5.75 Å².